The fourth-order valence-electron chi connectivity index (χ4n) is 2.69. The zero-order chi connectivity index (χ0) is 14.9. The van der Waals surface area contributed by atoms with Gasteiger partial charge in [-0.1, -0.05) is 59.8 Å². The molecule has 0 fully saturated rings. The summed E-state index contributed by atoms with van der Waals surface area (Å²) in [6.07, 6.45) is 0. The lowest BCUT2D eigenvalue weighted by molar-refractivity contribution is 0.528. The molecule has 0 spiro atoms. The summed E-state index contributed by atoms with van der Waals surface area (Å²) < 4.78 is 3.41. The van der Waals surface area contributed by atoms with E-state index in [4.69, 9.17) is 12.2 Å². The first-order valence-electron chi connectivity index (χ1n) is 7.47. The normalized spacial score (nSPS) is 12.2. The predicted octanol–water partition coefficient (Wildman–Crippen LogP) is 6.17. The van der Waals surface area contributed by atoms with Gasteiger partial charge in [-0.05, 0) is 42.7 Å². The fourth-order valence-corrected chi connectivity index (χ4v) is 3.29. The van der Waals surface area contributed by atoms with Crippen molar-refractivity contribution in [1.29, 1.82) is 0 Å². The Balaban J connectivity index is 3.79. The molecule has 0 unspecified atom stereocenters. The van der Waals surface area contributed by atoms with Crippen molar-refractivity contribution in [3.05, 3.63) is 27.5 Å². The van der Waals surface area contributed by atoms with Gasteiger partial charge in [0.1, 0.15) is 4.64 Å². The van der Waals surface area contributed by atoms with Crippen molar-refractivity contribution in [1.82, 2.24) is 4.57 Å². The molecule has 2 heteroatoms. The summed E-state index contributed by atoms with van der Waals surface area (Å²) in [5, 5.41) is 0. The van der Waals surface area contributed by atoms with E-state index >= 15 is 0 Å². The van der Waals surface area contributed by atoms with E-state index in [1.165, 1.54) is 16.8 Å². The van der Waals surface area contributed by atoms with E-state index in [1.807, 2.05) is 0 Å². The molecule has 1 nitrogen and oxygen atoms in total. The molecule has 0 aromatic carbocycles. The first-order chi connectivity index (χ1) is 8.68. The van der Waals surface area contributed by atoms with Crippen molar-refractivity contribution in [2.75, 3.05) is 0 Å². The summed E-state index contributed by atoms with van der Waals surface area (Å²) in [4.78, 5) is 0. The van der Waals surface area contributed by atoms with Gasteiger partial charge in [-0.15, -0.1) is 0 Å². The number of hydrogen-bond acceptors (Lipinski definition) is 1. The molecule has 0 amide bonds. The van der Waals surface area contributed by atoms with E-state index in [0.717, 1.165) is 4.64 Å². The highest BCUT2D eigenvalue weighted by Gasteiger charge is 2.19. The van der Waals surface area contributed by atoms with Gasteiger partial charge in [-0.2, -0.15) is 0 Å². The first-order valence-corrected chi connectivity index (χ1v) is 7.88. The third kappa shape index (κ3) is 3.28. The number of pyridine rings is 1. The molecule has 0 aliphatic heterocycles. The van der Waals surface area contributed by atoms with Gasteiger partial charge >= 0.3 is 0 Å². The molecule has 0 bridgehead atoms. The summed E-state index contributed by atoms with van der Waals surface area (Å²) in [6, 6.07) is 2.77. The Bertz CT molecular complexity index is 493. The maximum absolute atomic E-state index is 5.76. The summed E-state index contributed by atoms with van der Waals surface area (Å²) in [6.45, 7) is 18.0. The topological polar surface area (TPSA) is 4.93 Å². The highest BCUT2D eigenvalue weighted by Crippen LogP contribution is 2.32. The van der Waals surface area contributed by atoms with E-state index in [0.29, 0.717) is 23.8 Å². The fraction of sp³-hybridized carbons (Fsp3) is 0.706. The van der Waals surface area contributed by atoms with Gasteiger partial charge in [-0.25, -0.2) is 0 Å². The van der Waals surface area contributed by atoms with E-state index in [1.54, 1.807) is 0 Å². The molecule has 1 aromatic rings. The molecule has 1 heterocycles. The van der Waals surface area contributed by atoms with Gasteiger partial charge in [0.2, 0.25) is 0 Å². The average Bonchev–Trinajstić information content (AvgIpc) is 2.26. The summed E-state index contributed by atoms with van der Waals surface area (Å²) in [5.74, 6) is 1.52. The number of hydrogen-bond donors (Lipinski definition) is 0. The highest BCUT2D eigenvalue weighted by atomic mass is 32.1. The van der Waals surface area contributed by atoms with Crippen LogP contribution in [-0.2, 0) is 0 Å². The SMILES string of the molecule is CC(C)c1cc(C(C)C)c(=S)n(C(C)C)c1C(C)C. The quantitative estimate of drug-likeness (QED) is 0.597. The highest BCUT2D eigenvalue weighted by molar-refractivity contribution is 7.71. The molecule has 108 valence electrons. The summed E-state index contributed by atoms with van der Waals surface area (Å²) >= 11 is 5.76. The smallest absolute Gasteiger partial charge is 0.109 e. The standard InChI is InChI=1S/C17H29NS/c1-10(2)14-9-15(11(3)4)17(19)18(13(7)8)16(14)12(5)6/h9-13H,1-8H3. The van der Waals surface area contributed by atoms with Crippen molar-refractivity contribution in [2.45, 2.75) is 79.2 Å². The maximum Gasteiger partial charge on any atom is 0.109 e. The van der Waals surface area contributed by atoms with Gasteiger partial charge in [-0.3, -0.25) is 0 Å². The molecule has 1 aromatic heterocycles. The van der Waals surface area contributed by atoms with Crippen LogP contribution in [0.15, 0.2) is 6.07 Å². The van der Waals surface area contributed by atoms with Crippen molar-refractivity contribution in [3.8, 4) is 0 Å². The predicted molar refractivity (Wildman–Crippen MR) is 87.9 cm³/mol. The minimum atomic E-state index is 0.418. The Kier molecular flexibility index (Phi) is 5.37. The molecule has 0 aliphatic rings. The van der Waals surface area contributed by atoms with Gasteiger partial charge < -0.3 is 4.57 Å². The van der Waals surface area contributed by atoms with Crippen molar-refractivity contribution < 1.29 is 0 Å². The van der Waals surface area contributed by atoms with Crippen LogP contribution >= 0.6 is 12.2 Å². The number of aromatic nitrogens is 1. The molecule has 0 atom stereocenters. The van der Waals surface area contributed by atoms with Gasteiger partial charge in [0.05, 0.1) is 0 Å². The summed E-state index contributed by atoms with van der Waals surface area (Å²) in [5.41, 5.74) is 4.19. The number of nitrogens with zero attached hydrogens (tertiary/aromatic N) is 1. The molecule has 0 saturated carbocycles. The third-order valence-corrected chi connectivity index (χ3v) is 4.07. The minimum absolute atomic E-state index is 0.418. The molecule has 0 N–H and O–H groups in total. The maximum atomic E-state index is 5.76. The molecule has 0 radical (unpaired) electrons. The zero-order valence-electron chi connectivity index (χ0n) is 13.7. The molecule has 0 aliphatic carbocycles. The van der Waals surface area contributed by atoms with Gasteiger partial charge in [0.25, 0.3) is 0 Å². The van der Waals surface area contributed by atoms with E-state index in [-0.39, 0.29) is 0 Å². The molecule has 19 heavy (non-hydrogen) atoms. The Morgan fingerprint density at radius 3 is 1.58 bits per heavy atom. The molecule has 1 rings (SSSR count). The zero-order valence-corrected chi connectivity index (χ0v) is 14.6. The molecule has 0 saturated heterocycles. The Labute approximate surface area is 124 Å². The average molecular weight is 279 g/mol. The summed E-state index contributed by atoms with van der Waals surface area (Å²) in [7, 11) is 0. The van der Waals surface area contributed by atoms with Gasteiger partial charge in [0, 0.05) is 11.7 Å². The van der Waals surface area contributed by atoms with Crippen LogP contribution in [0.2, 0.25) is 0 Å². The number of rotatable bonds is 4. The first kappa shape index (κ1) is 16.4. The van der Waals surface area contributed by atoms with Crippen LogP contribution in [0.1, 0.15) is 96.0 Å². The molecular weight excluding hydrogens is 250 g/mol. The van der Waals surface area contributed by atoms with Crippen LogP contribution in [0.25, 0.3) is 0 Å². The van der Waals surface area contributed by atoms with Crippen LogP contribution in [0.3, 0.4) is 0 Å². The van der Waals surface area contributed by atoms with E-state index < -0.39 is 0 Å². The van der Waals surface area contributed by atoms with Crippen molar-refractivity contribution in [2.24, 2.45) is 0 Å². The Morgan fingerprint density at radius 1 is 0.789 bits per heavy atom. The van der Waals surface area contributed by atoms with Crippen molar-refractivity contribution in [3.63, 3.8) is 0 Å². The van der Waals surface area contributed by atoms with E-state index in [9.17, 15) is 0 Å². The largest absolute Gasteiger partial charge is 0.333 e. The van der Waals surface area contributed by atoms with Crippen LogP contribution in [0.4, 0.5) is 0 Å². The third-order valence-electron chi connectivity index (χ3n) is 3.64. The lowest BCUT2D eigenvalue weighted by Crippen LogP contribution is -2.17. The minimum Gasteiger partial charge on any atom is -0.333 e. The monoisotopic (exact) mass is 279 g/mol. The van der Waals surface area contributed by atoms with Crippen LogP contribution in [0.5, 0.6) is 0 Å². The molecular formula is C17H29NS. The van der Waals surface area contributed by atoms with Gasteiger partial charge in [0.15, 0.2) is 0 Å². The lowest BCUT2D eigenvalue weighted by Gasteiger charge is -2.28. The second-order valence-corrected chi connectivity index (χ2v) is 7.06. The van der Waals surface area contributed by atoms with E-state index in [2.05, 4.69) is 66.0 Å². The van der Waals surface area contributed by atoms with Crippen LogP contribution in [0, 0.1) is 4.64 Å². The second kappa shape index (κ2) is 6.21. The van der Waals surface area contributed by atoms with Crippen LogP contribution < -0.4 is 0 Å². The second-order valence-electron chi connectivity index (χ2n) is 6.67. The van der Waals surface area contributed by atoms with Crippen molar-refractivity contribution >= 4 is 12.2 Å². The van der Waals surface area contributed by atoms with Crippen LogP contribution in [-0.4, -0.2) is 4.57 Å². The Morgan fingerprint density at radius 2 is 1.26 bits per heavy atom. The lowest BCUT2D eigenvalue weighted by atomic mass is 9.91. The Hall–Kier alpha value is -0.630.